The summed E-state index contributed by atoms with van der Waals surface area (Å²) in [5.41, 5.74) is 4.64. The lowest BCUT2D eigenvalue weighted by atomic mass is 10.2. The molecule has 1 aromatic heterocycles. The Bertz CT molecular complexity index is 550. The summed E-state index contributed by atoms with van der Waals surface area (Å²) >= 11 is 3.40. The number of nitrogens with zero attached hydrogens (tertiary/aromatic N) is 2. The van der Waals surface area contributed by atoms with E-state index in [1.165, 1.54) is 11.3 Å². The molecule has 0 saturated heterocycles. The number of pyridine rings is 1. The van der Waals surface area contributed by atoms with E-state index >= 15 is 0 Å². The Balaban J connectivity index is 2.00. The van der Waals surface area contributed by atoms with Gasteiger partial charge in [0.2, 0.25) is 0 Å². The molecule has 19 heavy (non-hydrogen) atoms. The third-order valence-corrected chi connectivity index (χ3v) is 3.79. The lowest BCUT2D eigenvalue weighted by Crippen LogP contribution is -2.08. The predicted molar refractivity (Wildman–Crippen MR) is 84.8 cm³/mol. The van der Waals surface area contributed by atoms with Gasteiger partial charge in [-0.15, -0.1) is 0 Å². The van der Waals surface area contributed by atoms with Crippen LogP contribution in [0.2, 0.25) is 0 Å². The molecule has 2 rings (SSSR count). The van der Waals surface area contributed by atoms with Crippen LogP contribution in [0.1, 0.15) is 11.1 Å². The highest BCUT2D eigenvalue weighted by Gasteiger charge is 2.00. The van der Waals surface area contributed by atoms with Gasteiger partial charge in [-0.25, -0.2) is 4.98 Å². The standard InChI is InChI=1S/C15H18BrN3/c1-11-8-13(10-18-15(11)16)17-9-12-4-6-14(7-5-12)19(2)3/h4-8,10,17H,9H2,1-3H3. The van der Waals surface area contributed by atoms with Gasteiger partial charge in [0.15, 0.2) is 0 Å². The zero-order valence-electron chi connectivity index (χ0n) is 11.4. The van der Waals surface area contributed by atoms with Crippen molar-refractivity contribution in [1.82, 2.24) is 4.98 Å². The van der Waals surface area contributed by atoms with Crippen molar-refractivity contribution in [3.05, 3.63) is 52.3 Å². The van der Waals surface area contributed by atoms with Gasteiger partial charge in [-0.3, -0.25) is 0 Å². The van der Waals surface area contributed by atoms with Gasteiger partial charge in [0, 0.05) is 26.3 Å². The molecule has 0 unspecified atom stereocenters. The van der Waals surface area contributed by atoms with E-state index in [0.29, 0.717) is 0 Å². The van der Waals surface area contributed by atoms with Crippen LogP contribution in [0, 0.1) is 6.92 Å². The number of halogens is 1. The van der Waals surface area contributed by atoms with Gasteiger partial charge in [-0.05, 0) is 52.2 Å². The quantitative estimate of drug-likeness (QED) is 0.868. The van der Waals surface area contributed by atoms with Gasteiger partial charge in [0.25, 0.3) is 0 Å². The molecule has 1 N–H and O–H groups in total. The van der Waals surface area contributed by atoms with Crippen molar-refractivity contribution in [3.63, 3.8) is 0 Å². The molecule has 1 heterocycles. The zero-order valence-corrected chi connectivity index (χ0v) is 13.0. The van der Waals surface area contributed by atoms with E-state index in [1.54, 1.807) is 0 Å². The fraction of sp³-hybridized carbons (Fsp3) is 0.267. The molecule has 100 valence electrons. The van der Waals surface area contributed by atoms with Crippen LogP contribution in [0.25, 0.3) is 0 Å². The van der Waals surface area contributed by atoms with Crippen molar-refractivity contribution >= 4 is 27.3 Å². The van der Waals surface area contributed by atoms with Gasteiger partial charge < -0.3 is 10.2 Å². The molecule has 4 heteroatoms. The fourth-order valence-corrected chi connectivity index (χ4v) is 1.99. The monoisotopic (exact) mass is 319 g/mol. The molecule has 0 aliphatic carbocycles. The van der Waals surface area contributed by atoms with Gasteiger partial charge in [-0.1, -0.05) is 12.1 Å². The van der Waals surface area contributed by atoms with E-state index in [2.05, 4.69) is 61.5 Å². The highest BCUT2D eigenvalue weighted by molar-refractivity contribution is 9.10. The molecule has 0 atom stereocenters. The zero-order chi connectivity index (χ0) is 13.8. The van der Waals surface area contributed by atoms with Crippen LogP contribution in [0.4, 0.5) is 11.4 Å². The summed E-state index contributed by atoms with van der Waals surface area (Å²) in [6.45, 7) is 2.84. The number of nitrogens with one attached hydrogen (secondary N) is 1. The van der Waals surface area contributed by atoms with E-state index < -0.39 is 0 Å². The first kappa shape index (κ1) is 13.9. The van der Waals surface area contributed by atoms with Crippen LogP contribution in [0.15, 0.2) is 41.1 Å². The maximum absolute atomic E-state index is 4.28. The highest BCUT2D eigenvalue weighted by Crippen LogP contribution is 2.18. The number of anilines is 2. The Labute approximate surface area is 122 Å². The number of benzene rings is 1. The number of aromatic nitrogens is 1. The summed E-state index contributed by atoms with van der Waals surface area (Å²) in [4.78, 5) is 6.37. The molecule has 0 saturated carbocycles. The Hall–Kier alpha value is -1.55. The summed E-state index contributed by atoms with van der Waals surface area (Å²) in [7, 11) is 4.09. The normalized spacial score (nSPS) is 10.3. The van der Waals surface area contributed by atoms with Crippen LogP contribution >= 0.6 is 15.9 Å². The third-order valence-electron chi connectivity index (χ3n) is 2.96. The van der Waals surface area contributed by atoms with Crippen molar-refractivity contribution in [3.8, 4) is 0 Å². The molecule has 1 aromatic carbocycles. The first-order valence-electron chi connectivity index (χ1n) is 6.18. The SMILES string of the molecule is Cc1cc(NCc2ccc(N(C)C)cc2)cnc1Br. The van der Waals surface area contributed by atoms with Crippen LogP contribution in [-0.2, 0) is 6.54 Å². The smallest absolute Gasteiger partial charge is 0.109 e. The highest BCUT2D eigenvalue weighted by atomic mass is 79.9. The summed E-state index contributed by atoms with van der Waals surface area (Å²) in [6.07, 6.45) is 1.84. The molecule has 0 aliphatic heterocycles. The van der Waals surface area contributed by atoms with Crippen molar-refractivity contribution in [2.45, 2.75) is 13.5 Å². The minimum atomic E-state index is 0.802. The van der Waals surface area contributed by atoms with Gasteiger partial charge >= 0.3 is 0 Å². The Morgan fingerprint density at radius 2 is 1.89 bits per heavy atom. The van der Waals surface area contributed by atoms with E-state index in [4.69, 9.17) is 0 Å². The summed E-state index contributed by atoms with van der Waals surface area (Å²) in [5.74, 6) is 0. The first-order chi connectivity index (χ1) is 9.06. The fourth-order valence-electron chi connectivity index (χ4n) is 1.77. The average molecular weight is 320 g/mol. The maximum atomic E-state index is 4.28. The third kappa shape index (κ3) is 3.70. The van der Waals surface area contributed by atoms with Crippen LogP contribution in [0.3, 0.4) is 0 Å². The van der Waals surface area contributed by atoms with Gasteiger partial charge in [0.1, 0.15) is 4.60 Å². The minimum Gasteiger partial charge on any atom is -0.380 e. The van der Waals surface area contributed by atoms with Crippen LogP contribution in [0.5, 0.6) is 0 Å². The lowest BCUT2D eigenvalue weighted by molar-refractivity contribution is 1.10. The maximum Gasteiger partial charge on any atom is 0.109 e. The molecule has 0 amide bonds. The molecule has 3 nitrogen and oxygen atoms in total. The van der Waals surface area contributed by atoms with E-state index in [0.717, 1.165) is 22.4 Å². The summed E-state index contributed by atoms with van der Waals surface area (Å²) in [6, 6.07) is 10.6. The Morgan fingerprint density at radius 3 is 2.47 bits per heavy atom. The molecule has 2 aromatic rings. The first-order valence-corrected chi connectivity index (χ1v) is 6.98. The second-order valence-corrected chi connectivity index (χ2v) is 5.50. The number of hydrogen-bond acceptors (Lipinski definition) is 3. The van der Waals surface area contributed by atoms with Crippen molar-refractivity contribution in [2.24, 2.45) is 0 Å². The molecule has 0 radical (unpaired) electrons. The van der Waals surface area contributed by atoms with Gasteiger partial charge in [0.05, 0.1) is 11.9 Å². The van der Waals surface area contributed by atoms with Crippen molar-refractivity contribution in [1.29, 1.82) is 0 Å². The molecular weight excluding hydrogens is 302 g/mol. The van der Waals surface area contributed by atoms with E-state index in [9.17, 15) is 0 Å². The summed E-state index contributed by atoms with van der Waals surface area (Å²) < 4.78 is 0.897. The average Bonchev–Trinajstić information content (AvgIpc) is 2.40. The summed E-state index contributed by atoms with van der Waals surface area (Å²) in [5, 5.41) is 3.38. The molecule has 0 bridgehead atoms. The molecule has 0 fully saturated rings. The minimum absolute atomic E-state index is 0.802. The predicted octanol–water partition coefficient (Wildman–Crippen LogP) is 3.83. The van der Waals surface area contributed by atoms with Gasteiger partial charge in [-0.2, -0.15) is 0 Å². The lowest BCUT2D eigenvalue weighted by Gasteiger charge is -2.13. The van der Waals surface area contributed by atoms with E-state index in [1.807, 2.05) is 27.2 Å². The van der Waals surface area contributed by atoms with Crippen LogP contribution < -0.4 is 10.2 Å². The number of hydrogen-bond donors (Lipinski definition) is 1. The Morgan fingerprint density at radius 1 is 1.21 bits per heavy atom. The van der Waals surface area contributed by atoms with Crippen molar-refractivity contribution < 1.29 is 0 Å². The second kappa shape index (κ2) is 6.06. The van der Waals surface area contributed by atoms with E-state index in [-0.39, 0.29) is 0 Å². The largest absolute Gasteiger partial charge is 0.380 e. The van der Waals surface area contributed by atoms with Crippen molar-refractivity contribution in [2.75, 3.05) is 24.3 Å². The Kier molecular flexibility index (Phi) is 4.43. The topological polar surface area (TPSA) is 28.2 Å². The molecule has 0 aliphatic rings. The second-order valence-electron chi connectivity index (χ2n) is 4.75. The number of aryl methyl sites for hydroxylation is 1. The number of rotatable bonds is 4. The molecule has 0 spiro atoms. The van der Waals surface area contributed by atoms with Crippen LogP contribution in [-0.4, -0.2) is 19.1 Å². The molecular formula is C15H18BrN3.